The Hall–Kier alpha value is -2.15. The number of rotatable bonds is 4. The Balaban J connectivity index is 0.00000182. The third-order valence-electron chi connectivity index (χ3n) is 4.97. The van der Waals surface area contributed by atoms with Gasteiger partial charge < -0.3 is 14.4 Å². The van der Waals surface area contributed by atoms with Crippen LogP contribution < -0.4 is 9.47 Å². The Morgan fingerprint density at radius 1 is 1.12 bits per heavy atom. The van der Waals surface area contributed by atoms with E-state index >= 15 is 0 Å². The number of fused-ring (bicyclic) bond motifs is 2. The van der Waals surface area contributed by atoms with E-state index in [1.54, 1.807) is 13.3 Å². The summed E-state index contributed by atoms with van der Waals surface area (Å²) in [5.74, 6) is 0.466. The van der Waals surface area contributed by atoms with E-state index in [0.717, 1.165) is 30.8 Å². The van der Waals surface area contributed by atoms with E-state index < -0.39 is 0 Å². The van der Waals surface area contributed by atoms with Gasteiger partial charge in [0.25, 0.3) is 0 Å². The number of hydrogen-bond donors (Lipinski definition) is 0. The molecule has 2 aliphatic heterocycles. The van der Waals surface area contributed by atoms with Crippen molar-refractivity contribution in [2.24, 2.45) is 0 Å². The van der Waals surface area contributed by atoms with Gasteiger partial charge in [-0.25, -0.2) is 4.98 Å². The lowest BCUT2D eigenvalue weighted by Gasteiger charge is -2.31. The molecule has 4 heterocycles. The summed E-state index contributed by atoms with van der Waals surface area (Å²) in [6.45, 7) is 2.21. The molecule has 1 fully saturated rings. The number of nitrogens with zero attached hydrogens (tertiary/aromatic N) is 4. The quantitative estimate of drug-likeness (QED) is 0.780. The van der Waals surface area contributed by atoms with Gasteiger partial charge in [-0.3, -0.25) is 4.98 Å². The van der Waals surface area contributed by atoms with Crippen LogP contribution in [0.2, 0.25) is 0 Å². The zero-order valence-corrected chi connectivity index (χ0v) is 16.0. The molecular weight excluding hydrogens is 384 g/mol. The van der Waals surface area contributed by atoms with Crippen molar-refractivity contribution in [2.45, 2.75) is 18.3 Å². The van der Waals surface area contributed by atoms with Crippen LogP contribution >= 0.6 is 17.0 Å². The fourth-order valence-corrected chi connectivity index (χ4v) is 3.63. The van der Waals surface area contributed by atoms with Gasteiger partial charge in [-0.05, 0) is 30.7 Å². The van der Waals surface area contributed by atoms with Gasteiger partial charge in [0.2, 0.25) is 5.88 Å². The number of halogens is 1. The maximum atomic E-state index is 5.35. The molecule has 0 N–H and O–H groups in total. The first-order chi connectivity index (χ1) is 11.7. The molecule has 0 aliphatic carbocycles. The van der Waals surface area contributed by atoms with E-state index in [2.05, 4.69) is 38.2 Å². The van der Waals surface area contributed by atoms with Gasteiger partial charge in [-0.2, -0.15) is 4.98 Å². The molecule has 0 saturated carbocycles. The maximum absolute atomic E-state index is 5.35. The van der Waals surface area contributed by atoms with Gasteiger partial charge in [0.1, 0.15) is 0 Å². The van der Waals surface area contributed by atoms with Crippen LogP contribution in [-0.2, 0) is 5.41 Å². The van der Waals surface area contributed by atoms with Crippen molar-refractivity contribution in [1.82, 2.24) is 19.9 Å². The van der Waals surface area contributed by atoms with Gasteiger partial charge >= 0.3 is 6.01 Å². The Morgan fingerprint density at radius 2 is 2.00 bits per heavy atom. The highest BCUT2D eigenvalue weighted by atomic mass is 79.9. The Labute approximate surface area is 157 Å². The maximum Gasteiger partial charge on any atom is 0.319 e. The van der Waals surface area contributed by atoms with Gasteiger partial charge in [0.15, 0.2) is 0 Å². The summed E-state index contributed by atoms with van der Waals surface area (Å²) in [7, 11) is 3.12. The van der Waals surface area contributed by atoms with Gasteiger partial charge in [0.05, 0.1) is 25.5 Å². The molecule has 132 valence electrons. The lowest BCUT2D eigenvalue weighted by atomic mass is 9.77. The molecule has 2 aromatic rings. The number of pyridine rings is 1. The minimum atomic E-state index is 0. The summed E-state index contributed by atoms with van der Waals surface area (Å²) in [6, 6.07) is 4.49. The van der Waals surface area contributed by atoms with E-state index in [1.807, 2.05) is 12.3 Å². The highest BCUT2D eigenvalue weighted by molar-refractivity contribution is 8.93. The summed E-state index contributed by atoms with van der Waals surface area (Å²) in [5, 5.41) is 0. The van der Waals surface area contributed by atoms with Crippen LogP contribution in [0.1, 0.15) is 18.4 Å². The first-order valence-electron chi connectivity index (χ1n) is 8.07. The molecule has 2 bridgehead atoms. The smallest absolute Gasteiger partial charge is 0.319 e. The third kappa shape index (κ3) is 3.08. The van der Waals surface area contributed by atoms with Crippen LogP contribution in [-0.4, -0.2) is 47.2 Å². The molecule has 0 radical (unpaired) electrons. The molecule has 7 heteroatoms. The summed E-state index contributed by atoms with van der Waals surface area (Å²) in [4.78, 5) is 15.4. The van der Waals surface area contributed by atoms with Gasteiger partial charge in [-0.15, -0.1) is 17.0 Å². The number of ether oxygens (including phenoxy) is 2. The largest absolute Gasteiger partial charge is 0.480 e. The second-order valence-electron chi connectivity index (χ2n) is 6.30. The van der Waals surface area contributed by atoms with Crippen LogP contribution in [0, 0.1) is 0 Å². The average molecular weight is 405 g/mol. The first-order valence-corrected chi connectivity index (χ1v) is 8.07. The SMILES string of the molecule is Br.COc1ncc(-c2ccc(C34CC=CN(CC3)C4)cn2)c(OC)n1. The van der Waals surface area contributed by atoms with Gasteiger partial charge in [-0.1, -0.05) is 12.1 Å². The second kappa shape index (κ2) is 7.00. The number of allylic oxidation sites excluding steroid dienone is 1. The van der Waals surface area contributed by atoms with Gasteiger partial charge in [0, 0.05) is 30.9 Å². The molecule has 2 aromatic heterocycles. The van der Waals surface area contributed by atoms with Crippen molar-refractivity contribution in [3.05, 3.63) is 42.4 Å². The first kappa shape index (κ1) is 17.7. The zero-order valence-electron chi connectivity index (χ0n) is 14.3. The summed E-state index contributed by atoms with van der Waals surface area (Å²) in [6.07, 6.45) is 10.4. The van der Waals surface area contributed by atoms with E-state index in [-0.39, 0.29) is 28.4 Å². The van der Waals surface area contributed by atoms with Crippen molar-refractivity contribution in [2.75, 3.05) is 27.3 Å². The Bertz CT molecular complexity index is 781. The highest BCUT2D eigenvalue weighted by Gasteiger charge is 2.40. The molecule has 25 heavy (non-hydrogen) atoms. The summed E-state index contributed by atoms with van der Waals surface area (Å²) < 4.78 is 10.4. The lowest BCUT2D eigenvalue weighted by molar-refractivity contribution is 0.353. The predicted molar refractivity (Wildman–Crippen MR) is 100 cm³/mol. The van der Waals surface area contributed by atoms with Crippen molar-refractivity contribution >= 4 is 17.0 Å². The molecule has 4 rings (SSSR count). The second-order valence-corrected chi connectivity index (χ2v) is 6.30. The molecule has 1 atom stereocenters. The van der Waals surface area contributed by atoms with Crippen molar-refractivity contribution in [3.63, 3.8) is 0 Å². The van der Waals surface area contributed by atoms with Crippen LogP contribution in [0.5, 0.6) is 11.9 Å². The molecule has 6 nitrogen and oxygen atoms in total. The Kier molecular flexibility index (Phi) is 4.94. The minimum absolute atomic E-state index is 0. The number of aromatic nitrogens is 3. The standard InChI is InChI=1S/C18H20N4O2.BrH/c1-23-16-14(11-20-17(21-16)24-2)15-5-4-13(10-19-15)18-6-3-8-22(12-18)9-7-18;/h3-5,8,10-11H,6-7,9,12H2,1-2H3;1H. The minimum Gasteiger partial charge on any atom is -0.480 e. The van der Waals surface area contributed by atoms with Crippen molar-refractivity contribution in [1.29, 1.82) is 0 Å². The van der Waals surface area contributed by atoms with Crippen LogP contribution in [0.3, 0.4) is 0 Å². The van der Waals surface area contributed by atoms with Crippen LogP contribution in [0.25, 0.3) is 11.3 Å². The average Bonchev–Trinajstić information content (AvgIpc) is 2.96. The molecule has 2 aliphatic rings. The zero-order chi connectivity index (χ0) is 16.6. The molecular formula is C18H21BrN4O2. The monoisotopic (exact) mass is 404 g/mol. The van der Waals surface area contributed by atoms with E-state index in [1.165, 1.54) is 19.1 Å². The number of hydrogen-bond acceptors (Lipinski definition) is 6. The van der Waals surface area contributed by atoms with Crippen LogP contribution in [0.4, 0.5) is 0 Å². The molecule has 1 saturated heterocycles. The van der Waals surface area contributed by atoms with Crippen molar-refractivity contribution < 1.29 is 9.47 Å². The van der Waals surface area contributed by atoms with Crippen LogP contribution in [0.15, 0.2) is 36.8 Å². The lowest BCUT2D eigenvalue weighted by Crippen LogP contribution is -2.31. The summed E-state index contributed by atoms with van der Waals surface area (Å²) >= 11 is 0. The fourth-order valence-electron chi connectivity index (χ4n) is 3.63. The molecule has 0 amide bonds. The van der Waals surface area contributed by atoms with E-state index in [4.69, 9.17) is 9.47 Å². The van der Waals surface area contributed by atoms with E-state index in [0.29, 0.717) is 5.88 Å². The van der Waals surface area contributed by atoms with E-state index in [9.17, 15) is 0 Å². The fraction of sp³-hybridized carbons (Fsp3) is 0.389. The summed E-state index contributed by atoms with van der Waals surface area (Å²) in [5.41, 5.74) is 3.07. The Morgan fingerprint density at radius 3 is 2.72 bits per heavy atom. The molecule has 0 aromatic carbocycles. The normalized spacial score (nSPS) is 21.0. The van der Waals surface area contributed by atoms with Crippen molar-refractivity contribution in [3.8, 4) is 23.1 Å². The third-order valence-corrected chi connectivity index (χ3v) is 4.97. The number of methoxy groups -OCH3 is 2. The predicted octanol–water partition coefficient (Wildman–Crippen LogP) is 2.99. The molecule has 0 spiro atoms. The topological polar surface area (TPSA) is 60.4 Å². The highest BCUT2D eigenvalue weighted by Crippen LogP contribution is 2.41. The molecule has 1 unspecified atom stereocenters.